The number of anilines is 2. The van der Waals surface area contributed by atoms with Crippen LogP contribution < -0.4 is 10.6 Å². The molecule has 7 heteroatoms. The van der Waals surface area contributed by atoms with Gasteiger partial charge in [-0.1, -0.05) is 11.6 Å². The first-order valence-electron chi connectivity index (χ1n) is 5.35. The number of hydrogen-bond donors (Lipinski definition) is 3. The molecule has 2 aromatic heterocycles. The molecule has 0 fully saturated rings. The summed E-state index contributed by atoms with van der Waals surface area (Å²) in [6, 6.07) is 1.89. The van der Waals surface area contributed by atoms with E-state index in [4.69, 9.17) is 11.6 Å². The molecular formula is C11H13ClN4OS. The topological polar surface area (TPSA) is 70.1 Å². The third-order valence-corrected chi connectivity index (χ3v) is 3.34. The molecule has 0 amide bonds. The van der Waals surface area contributed by atoms with E-state index in [1.807, 2.05) is 16.8 Å². The minimum Gasteiger partial charge on any atom is -0.387 e. The highest BCUT2D eigenvalue weighted by Crippen LogP contribution is 2.21. The van der Waals surface area contributed by atoms with Crippen molar-refractivity contribution in [3.8, 4) is 0 Å². The molecule has 0 radical (unpaired) electrons. The molecule has 0 saturated heterocycles. The molecular weight excluding hydrogens is 272 g/mol. The molecule has 1 unspecified atom stereocenters. The van der Waals surface area contributed by atoms with Crippen molar-refractivity contribution in [2.45, 2.75) is 6.10 Å². The Labute approximate surface area is 114 Å². The highest BCUT2D eigenvalue weighted by molar-refractivity contribution is 7.07. The van der Waals surface area contributed by atoms with Crippen LogP contribution in [-0.4, -0.2) is 28.7 Å². The Bertz CT molecular complexity index is 506. The van der Waals surface area contributed by atoms with Gasteiger partial charge in [0.15, 0.2) is 5.82 Å². The van der Waals surface area contributed by atoms with Gasteiger partial charge in [-0.05, 0) is 22.4 Å². The third-order valence-electron chi connectivity index (χ3n) is 2.36. The number of hydrogen-bond acceptors (Lipinski definition) is 6. The molecule has 96 valence electrons. The monoisotopic (exact) mass is 284 g/mol. The second kappa shape index (κ2) is 5.99. The van der Waals surface area contributed by atoms with Gasteiger partial charge >= 0.3 is 0 Å². The Balaban J connectivity index is 2.01. The Hall–Kier alpha value is -1.37. The van der Waals surface area contributed by atoms with E-state index >= 15 is 0 Å². The number of nitrogens with one attached hydrogen (secondary N) is 2. The number of aliphatic hydroxyl groups excluding tert-OH is 1. The molecule has 0 aliphatic carbocycles. The average Bonchev–Trinajstić information content (AvgIpc) is 2.91. The summed E-state index contributed by atoms with van der Waals surface area (Å²) in [6.07, 6.45) is 0.931. The maximum atomic E-state index is 9.93. The van der Waals surface area contributed by atoms with Crippen molar-refractivity contribution in [1.29, 1.82) is 0 Å². The van der Waals surface area contributed by atoms with Crippen LogP contribution in [0.15, 0.2) is 23.0 Å². The highest BCUT2D eigenvalue weighted by atomic mass is 35.5. The molecule has 2 aromatic rings. The van der Waals surface area contributed by atoms with Crippen molar-refractivity contribution >= 4 is 34.7 Å². The van der Waals surface area contributed by atoms with Crippen LogP contribution >= 0.6 is 22.9 Å². The predicted molar refractivity (Wildman–Crippen MR) is 74.4 cm³/mol. The van der Waals surface area contributed by atoms with Crippen molar-refractivity contribution in [3.63, 3.8) is 0 Å². The molecule has 0 aliphatic rings. The van der Waals surface area contributed by atoms with Crippen LogP contribution in [0.1, 0.15) is 11.7 Å². The number of nitrogens with zero attached hydrogens (tertiary/aromatic N) is 2. The van der Waals surface area contributed by atoms with E-state index in [1.165, 1.54) is 6.20 Å². The molecule has 0 spiro atoms. The lowest BCUT2D eigenvalue weighted by Crippen LogP contribution is -2.13. The summed E-state index contributed by atoms with van der Waals surface area (Å²) in [4.78, 5) is 8.15. The van der Waals surface area contributed by atoms with Crippen LogP contribution in [0.3, 0.4) is 0 Å². The van der Waals surface area contributed by atoms with Gasteiger partial charge in [-0.3, -0.25) is 0 Å². The zero-order chi connectivity index (χ0) is 13.0. The maximum absolute atomic E-state index is 9.93. The maximum Gasteiger partial charge on any atom is 0.224 e. The SMILES string of the molecule is CNc1ncc(Cl)c(NCC(O)c2ccsc2)n1. The van der Waals surface area contributed by atoms with Gasteiger partial charge in [-0.15, -0.1) is 0 Å². The first kappa shape index (κ1) is 13.1. The van der Waals surface area contributed by atoms with Crippen LogP contribution in [0.25, 0.3) is 0 Å². The zero-order valence-corrected chi connectivity index (χ0v) is 11.3. The fraction of sp³-hybridized carbons (Fsp3) is 0.273. The Kier molecular flexibility index (Phi) is 4.35. The summed E-state index contributed by atoms with van der Waals surface area (Å²) >= 11 is 7.52. The quantitative estimate of drug-likeness (QED) is 0.786. The fourth-order valence-electron chi connectivity index (χ4n) is 1.39. The normalized spacial score (nSPS) is 12.2. The van der Waals surface area contributed by atoms with E-state index in [1.54, 1.807) is 18.4 Å². The Morgan fingerprint density at radius 2 is 2.39 bits per heavy atom. The lowest BCUT2D eigenvalue weighted by Gasteiger charge is -2.12. The summed E-state index contributed by atoms with van der Waals surface area (Å²) in [6.45, 7) is 0.344. The number of thiophene rings is 1. The average molecular weight is 285 g/mol. The highest BCUT2D eigenvalue weighted by Gasteiger charge is 2.10. The lowest BCUT2D eigenvalue weighted by atomic mass is 10.2. The first-order chi connectivity index (χ1) is 8.70. The molecule has 0 aliphatic heterocycles. The smallest absolute Gasteiger partial charge is 0.224 e. The Morgan fingerprint density at radius 3 is 3.06 bits per heavy atom. The summed E-state index contributed by atoms with van der Waals surface area (Å²) in [7, 11) is 1.73. The van der Waals surface area contributed by atoms with E-state index in [2.05, 4.69) is 20.6 Å². The van der Waals surface area contributed by atoms with E-state index in [-0.39, 0.29) is 0 Å². The molecule has 18 heavy (non-hydrogen) atoms. The van der Waals surface area contributed by atoms with Crippen molar-refractivity contribution in [1.82, 2.24) is 9.97 Å². The van der Waals surface area contributed by atoms with Crippen LogP contribution in [-0.2, 0) is 0 Å². The van der Waals surface area contributed by atoms with Crippen molar-refractivity contribution in [2.75, 3.05) is 24.2 Å². The molecule has 2 rings (SSSR count). The second-order valence-electron chi connectivity index (χ2n) is 3.59. The fourth-order valence-corrected chi connectivity index (χ4v) is 2.25. The molecule has 3 N–H and O–H groups in total. The van der Waals surface area contributed by atoms with E-state index in [9.17, 15) is 5.11 Å². The minimum absolute atomic E-state index is 0.344. The molecule has 1 atom stereocenters. The first-order valence-corrected chi connectivity index (χ1v) is 6.67. The summed E-state index contributed by atoms with van der Waals surface area (Å²) in [5.41, 5.74) is 0.881. The second-order valence-corrected chi connectivity index (χ2v) is 4.78. The molecule has 0 aromatic carbocycles. The zero-order valence-electron chi connectivity index (χ0n) is 9.72. The number of halogens is 1. The Morgan fingerprint density at radius 1 is 1.56 bits per heavy atom. The van der Waals surface area contributed by atoms with Gasteiger partial charge in [0.05, 0.1) is 12.3 Å². The number of aliphatic hydroxyl groups is 1. The molecule has 5 nitrogen and oxygen atoms in total. The van der Waals surface area contributed by atoms with Gasteiger partial charge < -0.3 is 15.7 Å². The largest absolute Gasteiger partial charge is 0.387 e. The van der Waals surface area contributed by atoms with Crippen molar-refractivity contribution in [2.24, 2.45) is 0 Å². The van der Waals surface area contributed by atoms with Crippen LogP contribution in [0.4, 0.5) is 11.8 Å². The summed E-state index contributed by atoms with van der Waals surface area (Å²) in [5, 5.41) is 20.0. The van der Waals surface area contributed by atoms with E-state index < -0.39 is 6.10 Å². The minimum atomic E-state index is -0.583. The molecule has 0 bridgehead atoms. The van der Waals surface area contributed by atoms with E-state index in [0.717, 1.165) is 5.56 Å². The number of rotatable bonds is 5. The standard InChI is InChI=1S/C11H13ClN4OS/c1-13-11-15-4-8(12)10(16-11)14-5-9(17)7-2-3-18-6-7/h2-4,6,9,17H,5H2,1H3,(H2,13,14,15,16). The van der Waals surface area contributed by atoms with Gasteiger partial charge in [0.2, 0.25) is 5.95 Å². The van der Waals surface area contributed by atoms with Gasteiger partial charge in [-0.25, -0.2) is 4.98 Å². The van der Waals surface area contributed by atoms with Crippen LogP contribution in [0, 0.1) is 0 Å². The van der Waals surface area contributed by atoms with Crippen LogP contribution in [0.2, 0.25) is 5.02 Å². The van der Waals surface area contributed by atoms with Gasteiger partial charge in [0, 0.05) is 13.6 Å². The van der Waals surface area contributed by atoms with Gasteiger partial charge in [0.25, 0.3) is 0 Å². The van der Waals surface area contributed by atoms with Gasteiger partial charge in [-0.2, -0.15) is 16.3 Å². The summed E-state index contributed by atoms with van der Waals surface area (Å²) in [5.74, 6) is 0.984. The van der Waals surface area contributed by atoms with Gasteiger partial charge in [0.1, 0.15) is 5.02 Å². The summed E-state index contributed by atoms with van der Waals surface area (Å²) < 4.78 is 0. The van der Waals surface area contributed by atoms with Crippen molar-refractivity contribution < 1.29 is 5.11 Å². The molecule has 0 saturated carbocycles. The third kappa shape index (κ3) is 3.10. The molecule has 2 heterocycles. The lowest BCUT2D eigenvalue weighted by molar-refractivity contribution is 0.192. The predicted octanol–water partition coefficient (Wildman–Crippen LogP) is 2.38. The van der Waals surface area contributed by atoms with E-state index in [0.29, 0.717) is 23.3 Å². The van der Waals surface area contributed by atoms with Crippen molar-refractivity contribution in [3.05, 3.63) is 33.6 Å². The number of aromatic nitrogens is 2. The van der Waals surface area contributed by atoms with Crippen LogP contribution in [0.5, 0.6) is 0 Å².